The lowest BCUT2D eigenvalue weighted by molar-refractivity contribution is -0.126. The van der Waals surface area contributed by atoms with Gasteiger partial charge in [-0.2, -0.15) is 5.26 Å². The fourth-order valence-electron chi connectivity index (χ4n) is 4.16. The number of rotatable bonds is 5. The predicted molar refractivity (Wildman–Crippen MR) is 115 cm³/mol. The Balaban J connectivity index is 1.45. The molecule has 6 nitrogen and oxygen atoms in total. The third kappa shape index (κ3) is 4.16. The van der Waals surface area contributed by atoms with Crippen LogP contribution in [0.4, 0.5) is 0 Å². The standard InChI is InChI=1S/C24H25N3O3/c1-27-21-14-19(11-12-22(21)30-24(27)29)17-9-7-16(8-10-17)13-20(15-25)26-23(28)18-5-3-2-4-6-18/h7-12,14,18,20H,2-6,13H2,1H3,(H,26,28)/t20-/m0/s1. The number of nitriles is 1. The SMILES string of the molecule is Cn1c(=O)oc2ccc(-c3ccc(C[C@@H](C#N)NC(=O)C4CCCCC4)cc3)cc21. The molecule has 1 aliphatic rings. The molecule has 2 aromatic carbocycles. The minimum Gasteiger partial charge on any atom is -0.408 e. The van der Waals surface area contributed by atoms with Crippen molar-refractivity contribution < 1.29 is 9.21 Å². The topological polar surface area (TPSA) is 88.0 Å². The molecule has 1 heterocycles. The first kappa shape index (κ1) is 20.0. The Labute approximate surface area is 175 Å². The van der Waals surface area contributed by atoms with Gasteiger partial charge in [0.05, 0.1) is 11.6 Å². The second-order valence-corrected chi connectivity index (χ2v) is 8.04. The molecule has 1 atom stereocenters. The van der Waals surface area contributed by atoms with Crippen LogP contribution in [0, 0.1) is 17.2 Å². The second kappa shape index (κ2) is 8.58. The number of fused-ring (bicyclic) bond motifs is 1. The van der Waals surface area contributed by atoms with Gasteiger partial charge in [-0.15, -0.1) is 0 Å². The maximum atomic E-state index is 12.4. The molecule has 0 unspecified atom stereocenters. The van der Waals surface area contributed by atoms with Gasteiger partial charge in [-0.1, -0.05) is 49.6 Å². The van der Waals surface area contributed by atoms with E-state index in [4.69, 9.17) is 4.42 Å². The molecule has 1 aromatic heterocycles. The number of aromatic nitrogens is 1. The molecular formula is C24H25N3O3. The summed E-state index contributed by atoms with van der Waals surface area (Å²) < 4.78 is 6.67. The van der Waals surface area contributed by atoms with E-state index in [0.29, 0.717) is 12.0 Å². The highest BCUT2D eigenvalue weighted by Crippen LogP contribution is 2.25. The Morgan fingerprint density at radius 2 is 1.87 bits per heavy atom. The van der Waals surface area contributed by atoms with Gasteiger partial charge in [-0.25, -0.2) is 4.79 Å². The van der Waals surface area contributed by atoms with Gasteiger partial charge in [0.1, 0.15) is 6.04 Å². The van der Waals surface area contributed by atoms with Crippen molar-refractivity contribution >= 4 is 17.0 Å². The van der Waals surface area contributed by atoms with Crippen LogP contribution in [0.25, 0.3) is 22.2 Å². The van der Waals surface area contributed by atoms with E-state index in [1.165, 1.54) is 11.0 Å². The lowest BCUT2D eigenvalue weighted by Gasteiger charge is -2.22. The number of amides is 1. The van der Waals surface area contributed by atoms with E-state index in [1.54, 1.807) is 13.1 Å². The summed E-state index contributed by atoms with van der Waals surface area (Å²) in [4.78, 5) is 24.1. The summed E-state index contributed by atoms with van der Waals surface area (Å²) >= 11 is 0. The monoisotopic (exact) mass is 403 g/mol. The van der Waals surface area contributed by atoms with E-state index in [9.17, 15) is 14.9 Å². The van der Waals surface area contributed by atoms with Gasteiger partial charge in [0, 0.05) is 19.4 Å². The summed E-state index contributed by atoms with van der Waals surface area (Å²) in [6, 6.07) is 15.3. The minimum atomic E-state index is -0.526. The van der Waals surface area contributed by atoms with Crippen LogP contribution in [0.2, 0.25) is 0 Å². The number of carbonyl (C=O) groups excluding carboxylic acids is 1. The molecular weight excluding hydrogens is 378 g/mol. The van der Waals surface area contributed by atoms with Crippen molar-refractivity contribution in [2.45, 2.75) is 44.6 Å². The molecule has 4 rings (SSSR count). The van der Waals surface area contributed by atoms with Gasteiger partial charge in [0.2, 0.25) is 5.91 Å². The summed E-state index contributed by atoms with van der Waals surface area (Å²) in [5, 5.41) is 12.4. The Morgan fingerprint density at radius 1 is 1.17 bits per heavy atom. The highest BCUT2D eigenvalue weighted by Gasteiger charge is 2.23. The number of oxazole rings is 1. The van der Waals surface area contributed by atoms with Crippen LogP contribution >= 0.6 is 0 Å². The van der Waals surface area contributed by atoms with Crippen LogP contribution in [-0.2, 0) is 18.3 Å². The molecule has 0 saturated heterocycles. The molecule has 1 fully saturated rings. The first-order chi connectivity index (χ1) is 14.5. The smallest absolute Gasteiger partial charge is 0.408 e. The Bertz CT molecular complexity index is 1150. The van der Waals surface area contributed by atoms with Gasteiger partial charge < -0.3 is 9.73 Å². The van der Waals surface area contributed by atoms with E-state index < -0.39 is 6.04 Å². The third-order valence-corrected chi connectivity index (χ3v) is 5.97. The van der Waals surface area contributed by atoms with Crippen LogP contribution in [0.5, 0.6) is 0 Å². The quantitative estimate of drug-likeness (QED) is 0.699. The highest BCUT2D eigenvalue weighted by atomic mass is 16.4. The van der Waals surface area contributed by atoms with Crippen LogP contribution in [0.3, 0.4) is 0 Å². The maximum Gasteiger partial charge on any atom is 0.419 e. The number of nitrogens with one attached hydrogen (secondary N) is 1. The molecule has 30 heavy (non-hydrogen) atoms. The summed E-state index contributed by atoms with van der Waals surface area (Å²) in [6.45, 7) is 0. The molecule has 3 aromatic rings. The molecule has 0 bridgehead atoms. The van der Waals surface area contributed by atoms with E-state index in [0.717, 1.165) is 47.9 Å². The molecule has 0 spiro atoms. The number of carbonyl (C=O) groups is 1. The Morgan fingerprint density at radius 3 is 2.57 bits per heavy atom. The van der Waals surface area contributed by atoms with Gasteiger partial charge >= 0.3 is 5.76 Å². The first-order valence-electron chi connectivity index (χ1n) is 10.4. The zero-order chi connectivity index (χ0) is 21.1. The van der Waals surface area contributed by atoms with Crippen molar-refractivity contribution in [2.24, 2.45) is 13.0 Å². The largest absolute Gasteiger partial charge is 0.419 e. The van der Waals surface area contributed by atoms with Crippen LogP contribution in [0.15, 0.2) is 51.7 Å². The van der Waals surface area contributed by atoms with Crippen LogP contribution in [-0.4, -0.2) is 16.5 Å². The highest BCUT2D eigenvalue weighted by molar-refractivity contribution is 5.81. The third-order valence-electron chi connectivity index (χ3n) is 5.97. The van der Waals surface area contributed by atoms with E-state index >= 15 is 0 Å². The lowest BCUT2D eigenvalue weighted by Crippen LogP contribution is -2.40. The first-order valence-corrected chi connectivity index (χ1v) is 10.4. The van der Waals surface area contributed by atoms with E-state index in [-0.39, 0.29) is 17.6 Å². The molecule has 1 amide bonds. The Kier molecular flexibility index (Phi) is 5.71. The van der Waals surface area contributed by atoms with Crippen molar-refractivity contribution in [3.05, 3.63) is 58.6 Å². The average molecular weight is 403 g/mol. The minimum absolute atomic E-state index is 0.0110. The van der Waals surface area contributed by atoms with Crippen LogP contribution in [0.1, 0.15) is 37.7 Å². The van der Waals surface area contributed by atoms with Gasteiger partial charge in [0.25, 0.3) is 0 Å². The van der Waals surface area contributed by atoms with Crippen molar-refractivity contribution in [3.63, 3.8) is 0 Å². The fraction of sp³-hybridized carbons (Fsp3) is 0.375. The van der Waals surface area contributed by atoms with Crippen LogP contribution < -0.4 is 11.1 Å². The van der Waals surface area contributed by atoms with Crippen molar-refractivity contribution in [3.8, 4) is 17.2 Å². The molecule has 1 aliphatic carbocycles. The number of nitrogens with zero attached hydrogens (tertiary/aromatic N) is 2. The summed E-state index contributed by atoms with van der Waals surface area (Å²) in [5.74, 6) is -0.321. The molecule has 0 aliphatic heterocycles. The molecule has 154 valence electrons. The number of hydrogen-bond donors (Lipinski definition) is 1. The molecule has 0 radical (unpaired) electrons. The molecule has 6 heteroatoms. The normalized spacial score (nSPS) is 15.6. The zero-order valence-electron chi connectivity index (χ0n) is 17.1. The molecule has 1 N–H and O–H groups in total. The average Bonchev–Trinajstić information content (AvgIpc) is 3.07. The van der Waals surface area contributed by atoms with Gasteiger partial charge in [0.15, 0.2) is 5.58 Å². The molecule has 1 saturated carbocycles. The summed E-state index contributed by atoms with van der Waals surface area (Å²) in [6.07, 6.45) is 5.70. The zero-order valence-corrected chi connectivity index (χ0v) is 17.1. The lowest BCUT2D eigenvalue weighted by atomic mass is 9.88. The number of benzene rings is 2. The summed E-state index contributed by atoms with van der Waals surface area (Å²) in [5.41, 5.74) is 4.29. The predicted octanol–water partition coefficient (Wildman–Crippen LogP) is 3.93. The maximum absolute atomic E-state index is 12.4. The number of aryl methyl sites for hydroxylation is 1. The van der Waals surface area contributed by atoms with E-state index in [2.05, 4.69) is 11.4 Å². The van der Waals surface area contributed by atoms with Gasteiger partial charge in [-0.3, -0.25) is 9.36 Å². The second-order valence-electron chi connectivity index (χ2n) is 8.04. The van der Waals surface area contributed by atoms with Crippen molar-refractivity contribution in [2.75, 3.05) is 0 Å². The number of hydrogen-bond acceptors (Lipinski definition) is 4. The fourth-order valence-corrected chi connectivity index (χ4v) is 4.16. The van der Waals surface area contributed by atoms with Crippen molar-refractivity contribution in [1.82, 2.24) is 9.88 Å². The summed E-state index contributed by atoms with van der Waals surface area (Å²) in [7, 11) is 1.69. The van der Waals surface area contributed by atoms with Crippen molar-refractivity contribution in [1.29, 1.82) is 5.26 Å². The Hall–Kier alpha value is -3.33. The van der Waals surface area contributed by atoms with Gasteiger partial charge in [-0.05, 0) is 41.7 Å². The van der Waals surface area contributed by atoms with E-state index in [1.807, 2.05) is 36.4 Å².